The van der Waals surface area contributed by atoms with Crippen LogP contribution in [-0.4, -0.2) is 47.9 Å². The summed E-state index contributed by atoms with van der Waals surface area (Å²) in [6.45, 7) is 3.10. The van der Waals surface area contributed by atoms with E-state index in [1.807, 2.05) is 6.07 Å². The van der Waals surface area contributed by atoms with Crippen LogP contribution >= 0.6 is 0 Å². The number of carbonyl (C=O) groups excluding carboxylic acids is 2. The average Bonchev–Trinajstić information content (AvgIpc) is 3.30. The van der Waals surface area contributed by atoms with Gasteiger partial charge in [0, 0.05) is 24.3 Å². The Morgan fingerprint density at radius 2 is 2.00 bits per heavy atom. The summed E-state index contributed by atoms with van der Waals surface area (Å²) in [5.74, 6) is 0.339. The quantitative estimate of drug-likeness (QED) is 0.584. The van der Waals surface area contributed by atoms with Crippen LogP contribution in [0.1, 0.15) is 48.7 Å². The number of ether oxygens (including phenoxy) is 2. The van der Waals surface area contributed by atoms with Gasteiger partial charge in [0.1, 0.15) is 5.75 Å². The van der Waals surface area contributed by atoms with Gasteiger partial charge in [0.15, 0.2) is 0 Å². The Morgan fingerprint density at radius 1 is 1.20 bits per heavy atom. The lowest BCUT2D eigenvalue weighted by molar-refractivity contribution is -0.127. The summed E-state index contributed by atoms with van der Waals surface area (Å²) in [5.41, 5.74) is 1.41. The zero-order valence-electron chi connectivity index (χ0n) is 17.5. The fourth-order valence-corrected chi connectivity index (χ4v) is 3.71. The van der Waals surface area contributed by atoms with Crippen molar-refractivity contribution in [1.29, 1.82) is 0 Å². The van der Waals surface area contributed by atoms with Crippen molar-refractivity contribution in [2.45, 2.75) is 51.3 Å². The highest BCUT2D eigenvalue weighted by Gasteiger charge is 2.35. The topological polar surface area (TPSA) is 105 Å². The van der Waals surface area contributed by atoms with Gasteiger partial charge in [-0.05, 0) is 56.0 Å². The maximum Gasteiger partial charge on any atom is 0.251 e. The summed E-state index contributed by atoms with van der Waals surface area (Å²) in [7, 11) is 1.59. The van der Waals surface area contributed by atoms with E-state index in [2.05, 4.69) is 27.8 Å². The van der Waals surface area contributed by atoms with Gasteiger partial charge in [0.2, 0.25) is 5.91 Å². The number of hydrogen-bond donors (Lipinski definition) is 3. The molecule has 1 aromatic carbocycles. The molecular formula is C22H30N4O4. The first-order valence-electron chi connectivity index (χ1n) is 10.4. The molecule has 0 bridgehead atoms. The number of aromatic nitrogens is 2. The maximum atomic E-state index is 12.8. The number of nitrogens with zero attached hydrogens (tertiary/aromatic N) is 1. The molecule has 1 aromatic heterocycles. The number of methoxy groups -OCH3 is 1. The lowest BCUT2D eigenvalue weighted by Crippen LogP contribution is -2.50. The number of rotatable bonds is 9. The first kappa shape index (κ1) is 21.8. The molecular weight excluding hydrogens is 384 g/mol. The van der Waals surface area contributed by atoms with Crippen LogP contribution in [0.5, 0.6) is 5.75 Å². The predicted octanol–water partition coefficient (Wildman–Crippen LogP) is 2.43. The molecule has 30 heavy (non-hydrogen) atoms. The number of aromatic amines is 1. The number of amides is 2. The molecule has 0 aliphatic heterocycles. The number of nitrogens with one attached hydrogen (secondary N) is 3. The van der Waals surface area contributed by atoms with Crippen molar-refractivity contribution >= 4 is 11.8 Å². The molecule has 0 unspecified atom stereocenters. The molecule has 0 radical (unpaired) electrons. The summed E-state index contributed by atoms with van der Waals surface area (Å²) in [6.07, 6.45) is 4.48. The van der Waals surface area contributed by atoms with E-state index in [-0.39, 0.29) is 29.9 Å². The highest BCUT2D eigenvalue weighted by Crippen LogP contribution is 2.28. The van der Waals surface area contributed by atoms with Crippen molar-refractivity contribution in [2.24, 2.45) is 5.92 Å². The van der Waals surface area contributed by atoms with E-state index in [0.717, 1.165) is 25.0 Å². The van der Waals surface area contributed by atoms with Crippen LogP contribution < -0.4 is 15.4 Å². The minimum Gasteiger partial charge on any atom is -0.497 e. The largest absolute Gasteiger partial charge is 0.497 e. The molecule has 3 atom stereocenters. The number of carbonyl (C=O) groups is 2. The van der Waals surface area contributed by atoms with Crippen molar-refractivity contribution < 1.29 is 19.1 Å². The second-order valence-corrected chi connectivity index (χ2v) is 7.53. The zero-order valence-corrected chi connectivity index (χ0v) is 17.5. The van der Waals surface area contributed by atoms with Gasteiger partial charge in [0.25, 0.3) is 5.91 Å². The summed E-state index contributed by atoms with van der Waals surface area (Å²) >= 11 is 0. The monoisotopic (exact) mass is 414 g/mol. The zero-order chi connectivity index (χ0) is 21.3. The van der Waals surface area contributed by atoms with Crippen LogP contribution in [-0.2, 0) is 16.1 Å². The van der Waals surface area contributed by atoms with Gasteiger partial charge in [0.05, 0.1) is 31.5 Å². The molecule has 0 spiro atoms. The van der Waals surface area contributed by atoms with Crippen LogP contribution in [0.3, 0.4) is 0 Å². The fourth-order valence-electron chi connectivity index (χ4n) is 3.71. The summed E-state index contributed by atoms with van der Waals surface area (Å²) in [6, 6.07) is 8.58. The first-order chi connectivity index (χ1) is 14.6. The van der Waals surface area contributed by atoms with Gasteiger partial charge < -0.3 is 20.1 Å². The molecule has 3 N–H and O–H groups in total. The van der Waals surface area contributed by atoms with Gasteiger partial charge in [-0.2, -0.15) is 5.10 Å². The number of H-pyrrole nitrogens is 1. The Morgan fingerprint density at radius 3 is 2.67 bits per heavy atom. The molecule has 1 aliphatic carbocycles. The molecule has 1 aliphatic rings. The second kappa shape index (κ2) is 10.8. The summed E-state index contributed by atoms with van der Waals surface area (Å²) < 4.78 is 11.1. The van der Waals surface area contributed by atoms with Crippen LogP contribution in [0, 0.1) is 5.92 Å². The molecule has 1 fully saturated rings. The molecule has 8 nitrogen and oxygen atoms in total. The minimum absolute atomic E-state index is 0.0118. The highest BCUT2D eigenvalue weighted by molar-refractivity contribution is 5.94. The number of hydrogen-bond acceptors (Lipinski definition) is 5. The molecule has 1 heterocycles. The van der Waals surface area contributed by atoms with Crippen molar-refractivity contribution in [3.63, 3.8) is 0 Å². The smallest absolute Gasteiger partial charge is 0.251 e. The van der Waals surface area contributed by atoms with Gasteiger partial charge in [-0.1, -0.05) is 6.92 Å². The Balaban J connectivity index is 1.62. The van der Waals surface area contributed by atoms with Gasteiger partial charge in [-0.25, -0.2) is 0 Å². The standard InChI is InChI=1S/C22H30N4O4/c1-3-12-30-20-9-6-16(21(27)23-14-17-10-11-24-26-17)13-19(20)25-22(28)15-4-7-18(29-2)8-5-15/h4-5,7-8,10-11,16,19-20H,3,6,9,12-14H2,1-2H3,(H,23,27)(H,24,26)(H,25,28)/t16-,19+,20+/m0/s1. The molecule has 2 aromatic rings. The SMILES string of the molecule is CCCO[C@@H]1CC[C@H](C(=O)NCc2ccn[nH]2)C[C@H]1NC(=O)c1ccc(OC)cc1. The van der Waals surface area contributed by atoms with E-state index in [0.29, 0.717) is 30.9 Å². The number of benzene rings is 1. The van der Waals surface area contributed by atoms with E-state index in [1.54, 1.807) is 37.6 Å². The lowest BCUT2D eigenvalue weighted by Gasteiger charge is -2.36. The molecule has 162 valence electrons. The first-order valence-corrected chi connectivity index (χ1v) is 10.4. The van der Waals surface area contributed by atoms with E-state index in [9.17, 15) is 9.59 Å². The lowest BCUT2D eigenvalue weighted by atomic mass is 9.82. The summed E-state index contributed by atoms with van der Waals surface area (Å²) in [5, 5.41) is 12.8. The Bertz CT molecular complexity index is 807. The Kier molecular flexibility index (Phi) is 7.84. The molecule has 1 saturated carbocycles. The van der Waals surface area contributed by atoms with Crippen LogP contribution in [0.15, 0.2) is 36.5 Å². The molecule has 3 rings (SSSR count). The third-order valence-electron chi connectivity index (χ3n) is 5.37. The van der Waals surface area contributed by atoms with Gasteiger partial charge >= 0.3 is 0 Å². The molecule has 2 amide bonds. The van der Waals surface area contributed by atoms with Crippen molar-refractivity contribution in [1.82, 2.24) is 20.8 Å². The van der Waals surface area contributed by atoms with Crippen LogP contribution in [0.4, 0.5) is 0 Å². The minimum atomic E-state index is -0.220. The second-order valence-electron chi connectivity index (χ2n) is 7.53. The maximum absolute atomic E-state index is 12.8. The van der Waals surface area contributed by atoms with Crippen molar-refractivity contribution in [3.8, 4) is 5.75 Å². The Labute approximate surface area is 176 Å². The van der Waals surface area contributed by atoms with Gasteiger partial charge in [-0.3, -0.25) is 14.7 Å². The highest BCUT2D eigenvalue weighted by atomic mass is 16.5. The third-order valence-corrected chi connectivity index (χ3v) is 5.37. The van der Waals surface area contributed by atoms with E-state index in [1.165, 1.54) is 0 Å². The molecule has 0 saturated heterocycles. The van der Waals surface area contributed by atoms with E-state index >= 15 is 0 Å². The van der Waals surface area contributed by atoms with E-state index < -0.39 is 0 Å². The van der Waals surface area contributed by atoms with Crippen LogP contribution in [0.25, 0.3) is 0 Å². The molecule has 8 heteroatoms. The average molecular weight is 415 g/mol. The Hall–Kier alpha value is -2.87. The normalized spacial score (nSPS) is 21.1. The predicted molar refractivity (Wildman–Crippen MR) is 112 cm³/mol. The van der Waals surface area contributed by atoms with Gasteiger partial charge in [-0.15, -0.1) is 0 Å². The van der Waals surface area contributed by atoms with Crippen molar-refractivity contribution in [3.05, 3.63) is 47.8 Å². The fraction of sp³-hybridized carbons (Fsp3) is 0.500. The van der Waals surface area contributed by atoms with Crippen LogP contribution in [0.2, 0.25) is 0 Å². The third kappa shape index (κ3) is 5.82. The summed E-state index contributed by atoms with van der Waals surface area (Å²) in [4.78, 5) is 25.4. The van der Waals surface area contributed by atoms with E-state index in [4.69, 9.17) is 9.47 Å². The van der Waals surface area contributed by atoms with Crippen molar-refractivity contribution in [2.75, 3.05) is 13.7 Å².